The summed E-state index contributed by atoms with van der Waals surface area (Å²) in [4.78, 5) is 27.6. The summed E-state index contributed by atoms with van der Waals surface area (Å²) in [6.07, 6.45) is 0.740. The molecule has 0 saturated heterocycles. The number of amides is 2. The lowest BCUT2D eigenvalue weighted by Crippen LogP contribution is -2.51. The molecule has 10 heteroatoms. The molecule has 186 valence electrons. The van der Waals surface area contributed by atoms with Crippen molar-refractivity contribution in [1.82, 2.24) is 14.5 Å². The molecule has 0 aliphatic carbocycles. The summed E-state index contributed by atoms with van der Waals surface area (Å²) in [5.41, 5.74) is 0.749. The lowest BCUT2D eigenvalue weighted by atomic mass is 10.1. The summed E-state index contributed by atoms with van der Waals surface area (Å²) < 4.78 is 32.1. The van der Waals surface area contributed by atoms with Crippen LogP contribution in [0.15, 0.2) is 53.4 Å². The first-order chi connectivity index (χ1) is 16.0. The van der Waals surface area contributed by atoms with Crippen LogP contribution in [0.2, 0.25) is 5.02 Å². The van der Waals surface area contributed by atoms with Gasteiger partial charge in [-0.3, -0.25) is 9.59 Å². The maximum Gasteiger partial charge on any atom is 0.243 e. The molecule has 1 N–H and O–H groups in total. The Kier molecular flexibility index (Phi) is 9.90. The molecule has 34 heavy (non-hydrogen) atoms. The number of benzene rings is 2. The van der Waals surface area contributed by atoms with Crippen LogP contribution in [0.3, 0.4) is 0 Å². The Morgan fingerprint density at radius 3 is 2.35 bits per heavy atom. The summed E-state index contributed by atoms with van der Waals surface area (Å²) in [6, 6.07) is 12.0. The number of carbonyl (C=O) groups is 2. The highest BCUT2D eigenvalue weighted by molar-refractivity contribution is 7.89. The van der Waals surface area contributed by atoms with Gasteiger partial charge in [-0.1, -0.05) is 30.7 Å². The van der Waals surface area contributed by atoms with Crippen LogP contribution in [0, 0.1) is 0 Å². The predicted octanol–water partition coefficient (Wildman–Crippen LogP) is 3.30. The van der Waals surface area contributed by atoms with E-state index in [2.05, 4.69) is 5.32 Å². The third-order valence-corrected chi connectivity index (χ3v) is 7.60. The first kappa shape index (κ1) is 27.6. The molecule has 0 aliphatic rings. The van der Waals surface area contributed by atoms with Gasteiger partial charge in [0.25, 0.3) is 0 Å². The van der Waals surface area contributed by atoms with Gasteiger partial charge in [-0.2, -0.15) is 4.31 Å². The molecule has 0 radical (unpaired) electrons. The van der Waals surface area contributed by atoms with Gasteiger partial charge in [-0.15, -0.1) is 0 Å². The lowest BCUT2D eigenvalue weighted by Gasteiger charge is -2.31. The molecule has 0 spiro atoms. The number of halogens is 1. The average Bonchev–Trinajstić information content (AvgIpc) is 2.82. The minimum atomic E-state index is -3.93. The maximum absolute atomic E-state index is 13.3. The SMILES string of the molecule is CCC(C)NC(=O)C(C)N(Cc1cccc(OC)c1)C(=O)CN(C)S(=O)(=O)c1ccc(Cl)cc1. The molecule has 0 aliphatic heterocycles. The van der Waals surface area contributed by atoms with E-state index < -0.39 is 28.5 Å². The van der Waals surface area contributed by atoms with E-state index in [0.29, 0.717) is 10.8 Å². The third-order valence-electron chi connectivity index (χ3n) is 5.54. The molecule has 8 nitrogen and oxygen atoms in total. The van der Waals surface area contributed by atoms with E-state index in [4.69, 9.17) is 16.3 Å². The van der Waals surface area contributed by atoms with Crippen molar-refractivity contribution in [1.29, 1.82) is 0 Å². The van der Waals surface area contributed by atoms with Gasteiger partial charge in [0, 0.05) is 24.7 Å². The summed E-state index contributed by atoms with van der Waals surface area (Å²) in [5.74, 6) is -0.201. The highest BCUT2D eigenvalue weighted by atomic mass is 35.5. The number of nitrogens with one attached hydrogen (secondary N) is 1. The Morgan fingerprint density at radius 2 is 1.76 bits per heavy atom. The fourth-order valence-corrected chi connectivity index (χ4v) is 4.41. The molecular formula is C24H32ClN3O5S. The number of likely N-dealkylation sites (N-methyl/N-ethyl adjacent to an activating group) is 1. The Balaban J connectivity index is 2.29. The minimum absolute atomic E-state index is 0.0223. The second kappa shape index (κ2) is 12.2. The zero-order valence-corrected chi connectivity index (χ0v) is 21.7. The standard InChI is InChI=1S/C24H32ClN3O5S/c1-6-17(2)26-24(30)18(3)28(15-19-8-7-9-21(14-19)33-5)23(29)16-27(4)34(31,32)22-12-10-20(25)11-13-22/h7-14,17-18H,6,15-16H2,1-5H3,(H,26,30). The van der Waals surface area contributed by atoms with Crippen molar-refractivity contribution >= 4 is 33.4 Å². The van der Waals surface area contributed by atoms with Gasteiger partial charge in [-0.25, -0.2) is 8.42 Å². The van der Waals surface area contributed by atoms with Crippen molar-refractivity contribution < 1.29 is 22.7 Å². The van der Waals surface area contributed by atoms with Gasteiger partial charge < -0.3 is 15.0 Å². The molecular weight excluding hydrogens is 478 g/mol. The normalized spacial score (nSPS) is 13.3. The van der Waals surface area contributed by atoms with Crippen LogP contribution in [0.25, 0.3) is 0 Å². The molecule has 2 atom stereocenters. The molecule has 2 aromatic carbocycles. The highest BCUT2D eigenvalue weighted by Gasteiger charge is 2.30. The van der Waals surface area contributed by atoms with Crippen LogP contribution in [-0.2, 0) is 26.2 Å². The van der Waals surface area contributed by atoms with Crippen molar-refractivity contribution in [2.24, 2.45) is 0 Å². The van der Waals surface area contributed by atoms with E-state index >= 15 is 0 Å². The number of rotatable bonds is 11. The number of nitrogens with zero attached hydrogens (tertiary/aromatic N) is 2. The monoisotopic (exact) mass is 509 g/mol. The van der Waals surface area contributed by atoms with Gasteiger partial charge in [0.05, 0.1) is 18.6 Å². The molecule has 0 saturated carbocycles. The van der Waals surface area contributed by atoms with E-state index in [9.17, 15) is 18.0 Å². The fourth-order valence-electron chi connectivity index (χ4n) is 3.17. The molecule has 2 unspecified atom stereocenters. The van der Waals surface area contributed by atoms with Crippen molar-refractivity contribution in [3.8, 4) is 5.75 Å². The number of methoxy groups -OCH3 is 1. The number of ether oxygens (including phenoxy) is 1. The maximum atomic E-state index is 13.3. The summed E-state index contributed by atoms with van der Waals surface area (Å²) >= 11 is 5.86. The largest absolute Gasteiger partial charge is 0.497 e. The molecule has 0 aromatic heterocycles. The first-order valence-electron chi connectivity index (χ1n) is 10.9. The van der Waals surface area contributed by atoms with Gasteiger partial charge in [0.15, 0.2) is 0 Å². The summed E-state index contributed by atoms with van der Waals surface area (Å²) in [6.45, 7) is 5.13. The van der Waals surface area contributed by atoms with Crippen LogP contribution < -0.4 is 10.1 Å². The Bertz CT molecular complexity index is 1090. The van der Waals surface area contributed by atoms with E-state index in [-0.39, 0.29) is 23.4 Å². The molecule has 0 heterocycles. The lowest BCUT2D eigenvalue weighted by molar-refractivity contribution is -0.140. The van der Waals surface area contributed by atoms with Crippen LogP contribution in [-0.4, -0.2) is 62.2 Å². The quantitative estimate of drug-likeness (QED) is 0.501. The van der Waals surface area contributed by atoms with Crippen LogP contribution >= 0.6 is 11.6 Å². The van der Waals surface area contributed by atoms with Crippen LogP contribution in [0.5, 0.6) is 5.75 Å². The summed E-state index contributed by atoms with van der Waals surface area (Å²) in [7, 11) is -1.06. The molecule has 2 aromatic rings. The van der Waals surface area contributed by atoms with Crippen molar-refractivity contribution in [2.75, 3.05) is 20.7 Å². The second-order valence-electron chi connectivity index (χ2n) is 8.08. The number of hydrogen-bond donors (Lipinski definition) is 1. The van der Waals surface area contributed by atoms with Crippen molar-refractivity contribution in [3.05, 3.63) is 59.1 Å². The van der Waals surface area contributed by atoms with Gasteiger partial charge in [0.2, 0.25) is 21.8 Å². The second-order valence-corrected chi connectivity index (χ2v) is 10.6. The molecule has 0 fully saturated rings. The zero-order valence-electron chi connectivity index (χ0n) is 20.1. The van der Waals surface area contributed by atoms with Crippen LogP contribution in [0.4, 0.5) is 0 Å². The number of sulfonamides is 1. The summed E-state index contributed by atoms with van der Waals surface area (Å²) in [5, 5.41) is 3.29. The van der Waals surface area contributed by atoms with E-state index in [1.807, 2.05) is 19.9 Å². The van der Waals surface area contributed by atoms with Crippen molar-refractivity contribution in [3.63, 3.8) is 0 Å². The smallest absolute Gasteiger partial charge is 0.243 e. The minimum Gasteiger partial charge on any atom is -0.497 e. The van der Waals surface area contributed by atoms with E-state index in [1.54, 1.807) is 32.2 Å². The van der Waals surface area contributed by atoms with Gasteiger partial charge >= 0.3 is 0 Å². The van der Waals surface area contributed by atoms with Gasteiger partial charge in [-0.05, 0) is 62.2 Å². The third kappa shape index (κ3) is 7.19. The first-order valence-corrected chi connectivity index (χ1v) is 12.8. The van der Waals surface area contributed by atoms with E-state index in [1.165, 1.54) is 36.2 Å². The molecule has 2 amide bonds. The Hall–Kier alpha value is -2.62. The average molecular weight is 510 g/mol. The predicted molar refractivity (Wildman–Crippen MR) is 132 cm³/mol. The zero-order chi connectivity index (χ0) is 25.5. The fraction of sp³-hybridized carbons (Fsp3) is 0.417. The number of hydrogen-bond acceptors (Lipinski definition) is 5. The Morgan fingerprint density at radius 1 is 1.12 bits per heavy atom. The molecule has 2 rings (SSSR count). The highest BCUT2D eigenvalue weighted by Crippen LogP contribution is 2.19. The number of carbonyl (C=O) groups excluding carboxylic acids is 2. The Labute approximate surface area is 206 Å². The van der Waals surface area contributed by atoms with Crippen molar-refractivity contribution in [2.45, 2.75) is 50.7 Å². The van der Waals surface area contributed by atoms with Gasteiger partial charge in [0.1, 0.15) is 11.8 Å². The molecule has 0 bridgehead atoms. The van der Waals surface area contributed by atoms with Crippen LogP contribution in [0.1, 0.15) is 32.8 Å². The topological polar surface area (TPSA) is 96.0 Å². The van der Waals surface area contributed by atoms with E-state index in [0.717, 1.165) is 16.3 Å².